The monoisotopic (exact) mass is 1500 g/mol. The van der Waals surface area contributed by atoms with Gasteiger partial charge in [0.25, 0.3) is 11.9 Å². The maximum absolute atomic E-state index is 12.1. The third kappa shape index (κ3) is 33.2. The van der Waals surface area contributed by atoms with Crippen molar-refractivity contribution in [3.63, 3.8) is 0 Å². The lowest BCUT2D eigenvalue weighted by molar-refractivity contribution is -0.122. The number of nitrogens with one attached hydrogen (secondary N) is 2. The number of ether oxygens (including phenoxy) is 8. The van der Waals surface area contributed by atoms with Gasteiger partial charge in [-0.05, 0) is 100 Å². The molecule has 29 nitrogen and oxygen atoms in total. The first-order valence-corrected chi connectivity index (χ1v) is 36.8. The van der Waals surface area contributed by atoms with E-state index in [0.717, 1.165) is 98.7 Å². The summed E-state index contributed by atoms with van der Waals surface area (Å²) >= 11 is 12.7. The van der Waals surface area contributed by atoms with E-state index in [1.165, 1.54) is 6.92 Å². The summed E-state index contributed by atoms with van der Waals surface area (Å²) < 4.78 is 44.8. The van der Waals surface area contributed by atoms with E-state index < -0.39 is 0 Å². The molecular formula is C74H107Cl2N17O12. The Morgan fingerprint density at radius 2 is 0.819 bits per heavy atom. The van der Waals surface area contributed by atoms with Crippen molar-refractivity contribution in [3.05, 3.63) is 95.0 Å². The molecule has 6 aromatic rings. The number of benzene rings is 4. The average Bonchev–Trinajstić information content (AvgIpc) is 0.788. The van der Waals surface area contributed by atoms with E-state index in [1.807, 2.05) is 67.5 Å². The zero-order chi connectivity index (χ0) is 74.8. The number of guanidine groups is 2. The van der Waals surface area contributed by atoms with Crippen LogP contribution in [-0.2, 0) is 57.1 Å². The van der Waals surface area contributed by atoms with Gasteiger partial charge in [-0.25, -0.2) is 19.9 Å². The molecular weight excluding hydrogens is 1390 g/mol. The number of carbonyl (C=O) groups excluding carboxylic acids is 4. The topological polar surface area (TPSA) is 363 Å². The zero-order valence-electron chi connectivity index (χ0n) is 61.1. The van der Waals surface area contributed by atoms with Crippen LogP contribution in [-0.4, -0.2) is 275 Å². The van der Waals surface area contributed by atoms with Crippen LogP contribution in [0.3, 0.4) is 0 Å². The molecule has 2 fully saturated rings. The fourth-order valence-electron chi connectivity index (χ4n) is 11.4. The second kappa shape index (κ2) is 48.3. The maximum atomic E-state index is 12.1. The van der Waals surface area contributed by atoms with Crippen LogP contribution in [0.15, 0.2) is 94.9 Å². The van der Waals surface area contributed by atoms with Crippen molar-refractivity contribution in [2.24, 2.45) is 32.9 Å². The maximum Gasteiger partial charge on any atom is 0.253 e. The fraction of sp³-hybridized carbons (Fsp3) is 0.541. The molecule has 10 N–H and O–H groups in total. The molecule has 4 aromatic carbocycles. The summed E-state index contributed by atoms with van der Waals surface area (Å²) in [4.78, 5) is 84.3. The van der Waals surface area contributed by atoms with Crippen LogP contribution in [0.5, 0.6) is 0 Å². The molecule has 105 heavy (non-hydrogen) atoms. The molecule has 0 saturated carbocycles. The molecule has 0 atom stereocenters. The predicted octanol–water partition coefficient (Wildman–Crippen LogP) is 6.16. The molecule has 2 amide bonds. The number of likely N-dealkylation sites (N-methyl/N-ethyl adjacent to an activating group) is 1. The number of rotatable bonds is 48. The summed E-state index contributed by atoms with van der Waals surface area (Å²) in [6.07, 6.45) is 4.82. The minimum absolute atomic E-state index is 0.0244. The molecule has 2 aromatic heterocycles. The van der Waals surface area contributed by atoms with Crippen LogP contribution in [0.4, 0.5) is 23.3 Å². The van der Waals surface area contributed by atoms with Crippen molar-refractivity contribution in [2.75, 3.05) is 215 Å². The molecule has 0 unspecified atom stereocenters. The highest BCUT2D eigenvalue weighted by atomic mass is 35.5. The van der Waals surface area contributed by atoms with E-state index in [4.69, 9.17) is 84.0 Å². The Balaban J connectivity index is 0.000000294. The van der Waals surface area contributed by atoms with Gasteiger partial charge in [0.15, 0.2) is 11.9 Å². The largest absolute Gasteiger partial charge is 0.379 e. The molecule has 2 saturated heterocycles. The Hall–Kier alpha value is -7.88. The van der Waals surface area contributed by atoms with Gasteiger partial charge in [0.2, 0.25) is 11.8 Å². The third-order valence-electron chi connectivity index (χ3n) is 16.7. The number of carbonyl (C=O) groups is 4. The lowest BCUT2D eigenvalue weighted by Crippen LogP contribution is -2.47. The molecule has 8 rings (SSSR count). The van der Waals surface area contributed by atoms with Gasteiger partial charge in [0.1, 0.15) is 11.6 Å². The summed E-state index contributed by atoms with van der Waals surface area (Å²) in [5, 5.41) is 8.30. The van der Waals surface area contributed by atoms with E-state index >= 15 is 0 Å². The first kappa shape index (κ1) is 84.4. The predicted molar refractivity (Wildman–Crippen MR) is 412 cm³/mol. The number of ketones is 2. The van der Waals surface area contributed by atoms with Gasteiger partial charge in [-0.1, -0.05) is 47.5 Å². The minimum Gasteiger partial charge on any atom is -0.379 e. The van der Waals surface area contributed by atoms with Crippen LogP contribution in [0.1, 0.15) is 58.3 Å². The normalized spacial score (nSPS) is 13.4. The number of anilines is 2. The number of hydrogen-bond acceptors (Lipinski definition) is 23. The van der Waals surface area contributed by atoms with Crippen molar-refractivity contribution in [3.8, 4) is 22.5 Å². The van der Waals surface area contributed by atoms with E-state index in [-0.39, 0.29) is 47.2 Å². The Labute approximate surface area is 626 Å². The molecule has 0 bridgehead atoms. The third-order valence-corrected chi connectivity index (χ3v) is 17.2. The van der Waals surface area contributed by atoms with Gasteiger partial charge in [-0.15, -0.1) is 0 Å². The van der Waals surface area contributed by atoms with Crippen LogP contribution in [0.2, 0.25) is 10.0 Å². The number of aromatic nitrogens is 4. The van der Waals surface area contributed by atoms with E-state index in [9.17, 15) is 19.2 Å². The molecule has 0 radical (unpaired) electrons. The Bertz CT molecular complexity index is 3670. The van der Waals surface area contributed by atoms with Gasteiger partial charge >= 0.3 is 0 Å². The number of nitrogens with zero attached hydrogens (tertiary/aromatic N) is 11. The van der Waals surface area contributed by atoms with Crippen LogP contribution in [0.25, 0.3) is 44.3 Å². The lowest BCUT2D eigenvalue weighted by Gasteiger charge is -2.36. The summed E-state index contributed by atoms with van der Waals surface area (Å²) in [5.74, 6) is 0.537. The quantitative estimate of drug-likeness (QED) is 0.0141. The number of fused-ring (bicyclic) bond motifs is 2. The lowest BCUT2D eigenvalue weighted by atomic mass is 10.1. The van der Waals surface area contributed by atoms with Gasteiger partial charge in [-0.3, -0.25) is 29.0 Å². The van der Waals surface area contributed by atoms with Crippen molar-refractivity contribution >= 4 is 104 Å². The van der Waals surface area contributed by atoms with Crippen molar-refractivity contribution < 1.29 is 57.1 Å². The number of nitrogens with two attached hydrogens (primary N) is 4. The Kier molecular flexibility index (Phi) is 38.9. The highest BCUT2D eigenvalue weighted by molar-refractivity contribution is 6.32. The van der Waals surface area contributed by atoms with Crippen LogP contribution < -0.4 is 43.4 Å². The van der Waals surface area contributed by atoms with Gasteiger partial charge in [0.05, 0.1) is 108 Å². The molecule has 574 valence electrons. The van der Waals surface area contributed by atoms with Crippen molar-refractivity contribution in [2.45, 2.75) is 58.3 Å². The Morgan fingerprint density at radius 3 is 1.18 bits per heavy atom. The molecule has 0 spiro atoms. The second-order valence-electron chi connectivity index (χ2n) is 25.4. The van der Waals surface area contributed by atoms with Crippen molar-refractivity contribution in [1.82, 2.24) is 45.3 Å². The van der Waals surface area contributed by atoms with Crippen LogP contribution in [0, 0.1) is 0 Å². The number of Topliss-reactive ketones (excluding diaryl/α,β-unsaturated/α-hetero) is 2. The van der Waals surface area contributed by atoms with Gasteiger partial charge in [-0.2, -0.15) is 9.98 Å². The summed E-state index contributed by atoms with van der Waals surface area (Å²) in [6, 6.07) is 27.5. The molecule has 4 heterocycles. The number of halogens is 2. The fourth-order valence-corrected chi connectivity index (χ4v) is 11.8. The smallest absolute Gasteiger partial charge is 0.253 e. The summed E-state index contributed by atoms with van der Waals surface area (Å²) in [5.41, 5.74) is 29.4. The Morgan fingerprint density at radius 1 is 0.457 bits per heavy atom. The molecule has 31 heteroatoms. The number of piperazine rings is 2. The van der Waals surface area contributed by atoms with E-state index in [1.54, 1.807) is 12.1 Å². The summed E-state index contributed by atoms with van der Waals surface area (Å²) in [6.45, 7) is 20.1. The van der Waals surface area contributed by atoms with E-state index in [0.29, 0.717) is 209 Å². The zero-order valence-corrected chi connectivity index (χ0v) is 62.6. The van der Waals surface area contributed by atoms with Crippen molar-refractivity contribution in [1.29, 1.82) is 0 Å². The second-order valence-corrected chi connectivity index (χ2v) is 26.2. The highest BCUT2D eigenvalue weighted by Crippen LogP contribution is 2.34. The van der Waals surface area contributed by atoms with Gasteiger partial charge < -0.3 is 86.2 Å². The highest BCUT2D eigenvalue weighted by Gasteiger charge is 2.22. The molecule has 2 aliphatic rings. The first-order valence-electron chi connectivity index (χ1n) is 36.1. The SMILES string of the molecule is CC(=O)NCCOCCOCCCC(=O)CCCOCCOCCN1CCN(c2cccc(-c3nc(N=C(N)N)nc4ccc(Cl)cc34)c2)CC1.CN(C)CC(=O)NCCOCCOCCCC(=O)CCCOCCOCCN1CCN(c2cccc(-c3nc(N=C(N)N)nc4ccc(Cl)cc34)c2)CC1. The number of amides is 2. The average molecular weight is 1500 g/mol. The standard InChI is InChI=1S/C38H56ClN9O6.C36H51ClN8O6/c1-46(2)28-35(50)42-12-20-53-24-22-51-18-4-8-32(49)9-5-19-52-23-25-54-21-17-47-13-15-48(16-14-47)31-7-3-6-29(26-31)36-33-27-30(39)10-11-34(33)43-38(44-36)45-37(40)41;1-27(46)40-11-19-50-23-21-48-17-3-7-31(47)8-4-18-49-22-24-51-20-16-44-12-14-45(15-13-44)30-6-2-5-28(25-30)34-32-26-29(37)9-10-33(32)41-36(42-34)43-35(38)39/h3,6-7,10-11,26-27H,4-5,8-9,12-25,28H2,1-2H3,(H,42,50)(H4,40,41,43,44,45);2,5-6,9-10,25-26H,3-4,7-8,11-24H2,1H3,(H,40,46)(H4,38,39,41,42,43). The van der Waals surface area contributed by atoms with Crippen LogP contribution >= 0.6 is 23.2 Å². The summed E-state index contributed by atoms with van der Waals surface area (Å²) in [7, 11) is 3.69. The number of aliphatic imine (C=N–C) groups is 2. The molecule has 2 aliphatic heterocycles. The minimum atomic E-state index is -0.105. The first-order chi connectivity index (χ1) is 51.0. The van der Waals surface area contributed by atoms with E-state index in [2.05, 4.69) is 84.4 Å². The number of hydrogen-bond donors (Lipinski definition) is 6. The van der Waals surface area contributed by atoms with Gasteiger partial charge in [0, 0.05) is 181 Å². The molecule has 0 aliphatic carbocycles.